The van der Waals surface area contributed by atoms with Crippen LogP contribution in [-0.2, 0) is 7.05 Å². The van der Waals surface area contributed by atoms with Crippen LogP contribution in [0.15, 0.2) is 17.5 Å². The van der Waals surface area contributed by atoms with Crippen LogP contribution in [0.2, 0.25) is 0 Å². The van der Waals surface area contributed by atoms with Crippen LogP contribution in [0.25, 0.3) is 21.0 Å². The van der Waals surface area contributed by atoms with Crippen LogP contribution in [0.3, 0.4) is 0 Å². The van der Waals surface area contributed by atoms with E-state index in [1.165, 1.54) is 0 Å². The van der Waals surface area contributed by atoms with Gasteiger partial charge in [0.2, 0.25) is 0 Å². The lowest BCUT2D eigenvalue weighted by molar-refractivity contribution is 0.782. The molecule has 6 heteroatoms. The number of thiophene rings is 1. The molecule has 0 amide bonds. The molecule has 3 aromatic rings. The van der Waals surface area contributed by atoms with Crippen molar-refractivity contribution in [2.45, 2.75) is 13.8 Å². The lowest BCUT2D eigenvalue weighted by Gasteiger charge is -1.99. The molecule has 0 fully saturated rings. The molecule has 0 atom stereocenters. The Labute approximate surface area is 119 Å². The van der Waals surface area contributed by atoms with Crippen LogP contribution in [-0.4, -0.2) is 14.8 Å². The van der Waals surface area contributed by atoms with E-state index < -0.39 is 0 Å². The fourth-order valence-electron chi connectivity index (χ4n) is 2.11. The van der Waals surface area contributed by atoms with Crippen LogP contribution in [0.4, 0.5) is 5.82 Å². The first kappa shape index (κ1) is 12.4. The summed E-state index contributed by atoms with van der Waals surface area (Å²) in [5.74, 6) is 0.697. The van der Waals surface area contributed by atoms with Crippen molar-refractivity contribution in [3.8, 4) is 21.0 Å². The minimum atomic E-state index is 0.697. The number of rotatable bonds is 2. The highest BCUT2D eigenvalue weighted by atomic mass is 32.1. The van der Waals surface area contributed by atoms with Gasteiger partial charge in [-0.1, -0.05) is 6.07 Å². The van der Waals surface area contributed by atoms with E-state index in [-0.39, 0.29) is 0 Å². The second-order valence-corrected chi connectivity index (χ2v) is 6.51. The first-order valence-electron chi connectivity index (χ1n) is 5.88. The Morgan fingerprint density at radius 1 is 1.32 bits per heavy atom. The van der Waals surface area contributed by atoms with Gasteiger partial charge in [-0.15, -0.1) is 22.7 Å². The molecular weight excluding hydrogens is 276 g/mol. The lowest BCUT2D eigenvalue weighted by Crippen LogP contribution is -1.97. The molecule has 0 aromatic carbocycles. The molecule has 0 spiro atoms. The summed E-state index contributed by atoms with van der Waals surface area (Å²) in [5.41, 5.74) is 9.15. The first-order valence-corrected chi connectivity index (χ1v) is 7.58. The molecule has 0 aliphatic carbocycles. The molecule has 0 radical (unpaired) electrons. The van der Waals surface area contributed by atoms with Gasteiger partial charge in [0.05, 0.1) is 21.1 Å². The molecule has 0 saturated heterocycles. The van der Waals surface area contributed by atoms with Crippen molar-refractivity contribution in [2.75, 3.05) is 5.73 Å². The van der Waals surface area contributed by atoms with E-state index >= 15 is 0 Å². The Morgan fingerprint density at radius 3 is 2.68 bits per heavy atom. The van der Waals surface area contributed by atoms with Gasteiger partial charge in [0, 0.05) is 11.9 Å². The molecule has 0 aliphatic rings. The molecule has 2 N–H and O–H groups in total. The zero-order valence-corrected chi connectivity index (χ0v) is 12.6. The Bertz CT molecular complexity index is 722. The van der Waals surface area contributed by atoms with Gasteiger partial charge in [0.25, 0.3) is 0 Å². The van der Waals surface area contributed by atoms with E-state index in [1.54, 1.807) is 27.4 Å². The van der Waals surface area contributed by atoms with Crippen molar-refractivity contribution in [3.63, 3.8) is 0 Å². The Balaban J connectivity index is 2.28. The average Bonchev–Trinajstić information content (AvgIpc) is 3.02. The lowest BCUT2D eigenvalue weighted by atomic mass is 10.1. The van der Waals surface area contributed by atoms with Gasteiger partial charge >= 0.3 is 0 Å². The van der Waals surface area contributed by atoms with Gasteiger partial charge in [-0.3, -0.25) is 4.68 Å². The third-order valence-electron chi connectivity index (χ3n) is 2.98. The van der Waals surface area contributed by atoms with E-state index in [4.69, 9.17) is 5.73 Å². The molecule has 19 heavy (non-hydrogen) atoms. The summed E-state index contributed by atoms with van der Waals surface area (Å²) in [5, 5.41) is 7.68. The summed E-state index contributed by atoms with van der Waals surface area (Å²) in [6.45, 7) is 4.03. The second kappa shape index (κ2) is 4.47. The topological polar surface area (TPSA) is 56.7 Å². The molecule has 3 heterocycles. The Morgan fingerprint density at radius 2 is 2.11 bits per heavy atom. The maximum Gasteiger partial charge on any atom is 0.130 e. The molecular formula is C13H14N4S2. The molecule has 3 rings (SSSR count). The second-order valence-electron chi connectivity index (χ2n) is 4.36. The van der Waals surface area contributed by atoms with Crippen LogP contribution in [0, 0.1) is 13.8 Å². The largest absolute Gasteiger partial charge is 0.383 e. The molecule has 0 saturated carbocycles. The number of aryl methyl sites for hydroxylation is 3. The zero-order valence-electron chi connectivity index (χ0n) is 11.0. The van der Waals surface area contributed by atoms with E-state index in [9.17, 15) is 0 Å². The summed E-state index contributed by atoms with van der Waals surface area (Å²) >= 11 is 3.34. The van der Waals surface area contributed by atoms with Gasteiger partial charge in [-0.2, -0.15) is 5.10 Å². The van der Waals surface area contributed by atoms with Gasteiger partial charge in [-0.25, -0.2) is 4.98 Å². The van der Waals surface area contributed by atoms with Crippen LogP contribution < -0.4 is 5.73 Å². The number of hydrogen-bond acceptors (Lipinski definition) is 5. The van der Waals surface area contributed by atoms with Crippen LogP contribution in [0.1, 0.15) is 10.7 Å². The van der Waals surface area contributed by atoms with E-state index in [2.05, 4.69) is 21.5 Å². The number of nitrogen functional groups attached to an aromatic ring is 1. The van der Waals surface area contributed by atoms with Crippen molar-refractivity contribution < 1.29 is 0 Å². The standard InChI is InChI=1S/C13H14N4S2/c1-7-12(19-8(2)15-7)11-10(9-5-4-6-18-9)13(14)17(3)16-11/h4-6H,14H2,1-3H3. The van der Waals surface area contributed by atoms with E-state index in [1.807, 2.05) is 27.0 Å². The smallest absolute Gasteiger partial charge is 0.130 e. The molecule has 0 bridgehead atoms. The Kier molecular flexibility index (Phi) is 2.91. The first-order chi connectivity index (χ1) is 9.08. The molecule has 0 aliphatic heterocycles. The van der Waals surface area contributed by atoms with Gasteiger partial charge in [0.1, 0.15) is 11.5 Å². The average molecular weight is 290 g/mol. The van der Waals surface area contributed by atoms with Crippen molar-refractivity contribution in [2.24, 2.45) is 7.05 Å². The number of hydrogen-bond donors (Lipinski definition) is 1. The number of anilines is 1. The maximum absolute atomic E-state index is 6.18. The maximum atomic E-state index is 6.18. The van der Waals surface area contributed by atoms with E-state index in [0.29, 0.717) is 5.82 Å². The van der Waals surface area contributed by atoms with Crippen LogP contribution >= 0.6 is 22.7 Å². The predicted molar refractivity (Wildman–Crippen MR) is 81.5 cm³/mol. The molecule has 98 valence electrons. The van der Waals surface area contributed by atoms with Gasteiger partial charge in [0.15, 0.2) is 0 Å². The fourth-order valence-corrected chi connectivity index (χ4v) is 3.80. The fraction of sp³-hybridized carbons (Fsp3) is 0.231. The highest BCUT2D eigenvalue weighted by Gasteiger charge is 2.21. The van der Waals surface area contributed by atoms with Gasteiger partial charge < -0.3 is 5.73 Å². The van der Waals surface area contributed by atoms with Crippen LogP contribution in [0.5, 0.6) is 0 Å². The summed E-state index contributed by atoms with van der Waals surface area (Å²) in [6.07, 6.45) is 0. The molecule has 0 unspecified atom stereocenters. The summed E-state index contributed by atoms with van der Waals surface area (Å²) in [6, 6.07) is 4.10. The highest BCUT2D eigenvalue weighted by molar-refractivity contribution is 7.15. The van der Waals surface area contributed by atoms with Crippen molar-refractivity contribution in [1.82, 2.24) is 14.8 Å². The van der Waals surface area contributed by atoms with Crippen molar-refractivity contribution in [1.29, 1.82) is 0 Å². The normalized spacial score (nSPS) is 11.1. The SMILES string of the molecule is Cc1nc(C)c(-c2nn(C)c(N)c2-c2cccs2)s1. The minimum absolute atomic E-state index is 0.697. The molecule has 3 aromatic heterocycles. The third kappa shape index (κ3) is 1.97. The third-order valence-corrected chi connectivity index (χ3v) is 4.94. The highest BCUT2D eigenvalue weighted by Crippen LogP contribution is 2.41. The monoisotopic (exact) mass is 290 g/mol. The summed E-state index contributed by atoms with van der Waals surface area (Å²) in [4.78, 5) is 6.73. The number of nitrogens with zero attached hydrogens (tertiary/aromatic N) is 3. The quantitative estimate of drug-likeness (QED) is 0.786. The molecule has 4 nitrogen and oxygen atoms in total. The number of thiazole rings is 1. The van der Waals surface area contributed by atoms with Crippen molar-refractivity contribution in [3.05, 3.63) is 28.2 Å². The predicted octanol–water partition coefficient (Wildman–Crippen LogP) is 3.47. The number of aromatic nitrogens is 3. The van der Waals surface area contributed by atoms with Gasteiger partial charge in [-0.05, 0) is 25.3 Å². The van der Waals surface area contributed by atoms with E-state index in [0.717, 1.165) is 31.7 Å². The number of nitrogens with two attached hydrogens (primary N) is 1. The summed E-state index contributed by atoms with van der Waals surface area (Å²) in [7, 11) is 1.87. The Hall–Kier alpha value is -1.66. The summed E-state index contributed by atoms with van der Waals surface area (Å²) < 4.78 is 1.74. The minimum Gasteiger partial charge on any atom is -0.383 e. The van der Waals surface area contributed by atoms with Crippen molar-refractivity contribution >= 4 is 28.5 Å². The zero-order chi connectivity index (χ0) is 13.6.